The maximum atomic E-state index is 12.1. The number of aromatic carboxylic acids is 1. The number of nitrogens with zero attached hydrogens (tertiary/aromatic N) is 1. The predicted molar refractivity (Wildman–Crippen MR) is 103 cm³/mol. The minimum absolute atomic E-state index is 0.331. The van der Waals surface area contributed by atoms with Crippen molar-refractivity contribution in [3.05, 3.63) is 47.2 Å². The van der Waals surface area contributed by atoms with Crippen molar-refractivity contribution in [3.8, 4) is 0 Å². The Morgan fingerprint density at radius 2 is 1.85 bits per heavy atom. The predicted octanol–water partition coefficient (Wildman–Crippen LogP) is 3.40. The summed E-state index contributed by atoms with van der Waals surface area (Å²) in [6.45, 7) is 6.53. The van der Waals surface area contributed by atoms with Gasteiger partial charge in [-0.1, -0.05) is 31.2 Å². The summed E-state index contributed by atoms with van der Waals surface area (Å²) in [6.07, 6.45) is 4.01. The number of nitrogens with one attached hydrogen (secondary N) is 2. The number of allylic oxidation sites excluding steroid dienone is 1. The van der Waals surface area contributed by atoms with Crippen LogP contribution >= 0.6 is 0 Å². The number of pyridine rings is 1. The Morgan fingerprint density at radius 3 is 2.54 bits per heavy atom. The Kier molecular flexibility index (Phi) is 4.29. The lowest BCUT2D eigenvalue weighted by Gasteiger charge is -2.27. The zero-order valence-corrected chi connectivity index (χ0v) is 15.4. The molecule has 2 aromatic rings. The van der Waals surface area contributed by atoms with Crippen LogP contribution in [0.3, 0.4) is 0 Å². The fourth-order valence-corrected chi connectivity index (χ4v) is 4.41. The third-order valence-corrected chi connectivity index (χ3v) is 5.72. The van der Waals surface area contributed by atoms with Gasteiger partial charge in [0.25, 0.3) is 0 Å². The summed E-state index contributed by atoms with van der Waals surface area (Å²) in [5, 5.41) is 10.6. The van der Waals surface area contributed by atoms with Gasteiger partial charge in [0.1, 0.15) is 0 Å². The van der Waals surface area contributed by atoms with E-state index in [4.69, 9.17) is 4.98 Å². The first-order valence-corrected chi connectivity index (χ1v) is 9.32. The van der Waals surface area contributed by atoms with Crippen molar-refractivity contribution in [2.24, 2.45) is 11.8 Å². The molecule has 5 heteroatoms. The van der Waals surface area contributed by atoms with E-state index in [1.165, 1.54) is 5.57 Å². The maximum Gasteiger partial charge on any atom is 0.336 e. The van der Waals surface area contributed by atoms with E-state index >= 15 is 0 Å². The number of hydrogen-bond acceptors (Lipinski definition) is 4. The summed E-state index contributed by atoms with van der Waals surface area (Å²) in [5.74, 6) is -0.105. The number of carboxylic acids is 1. The van der Waals surface area contributed by atoms with Crippen molar-refractivity contribution in [1.82, 2.24) is 15.8 Å². The first kappa shape index (κ1) is 17.2. The zero-order chi connectivity index (χ0) is 18.4. The molecule has 3 atom stereocenters. The van der Waals surface area contributed by atoms with Crippen LogP contribution in [-0.2, 0) is 6.42 Å². The zero-order valence-electron chi connectivity index (χ0n) is 15.4. The minimum atomic E-state index is -0.862. The number of carbonyl (C=O) groups is 1. The molecule has 0 bridgehead atoms. The number of fused-ring (bicyclic) bond motifs is 2. The van der Waals surface area contributed by atoms with Gasteiger partial charge in [-0.25, -0.2) is 9.78 Å². The molecular weight excluding hydrogens is 326 g/mol. The summed E-state index contributed by atoms with van der Waals surface area (Å²) >= 11 is 0. The highest BCUT2D eigenvalue weighted by Gasteiger charge is 2.32. The number of para-hydroxylation sites is 1. The molecule has 2 aliphatic rings. The summed E-state index contributed by atoms with van der Waals surface area (Å²) in [7, 11) is 0. The fourth-order valence-electron chi connectivity index (χ4n) is 4.41. The van der Waals surface area contributed by atoms with Crippen LogP contribution < -0.4 is 10.9 Å². The highest BCUT2D eigenvalue weighted by atomic mass is 16.4. The van der Waals surface area contributed by atoms with Crippen LogP contribution in [0.1, 0.15) is 48.8 Å². The van der Waals surface area contributed by atoms with Gasteiger partial charge in [-0.2, -0.15) is 0 Å². The number of aromatic nitrogens is 1. The van der Waals surface area contributed by atoms with Gasteiger partial charge in [0.2, 0.25) is 0 Å². The number of benzene rings is 1. The molecule has 136 valence electrons. The molecule has 1 saturated heterocycles. The molecule has 0 radical (unpaired) electrons. The molecule has 1 fully saturated rings. The van der Waals surface area contributed by atoms with Crippen molar-refractivity contribution in [2.45, 2.75) is 45.7 Å². The molecule has 0 spiro atoms. The van der Waals surface area contributed by atoms with Crippen LogP contribution in [-0.4, -0.2) is 28.1 Å². The van der Waals surface area contributed by atoms with Crippen LogP contribution in [0, 0.1) is 11.8 Å². The van der Waals surface area contributed by atoms with Crippen LogP contribution in [0.5, 0.6) is 0 Å². The Balaban J connectivity index is 1.94. The third kappa shape index (κ3) is 2.81. The van der Waals surface area contributed by atoms with Gasteiger partial charge in [-0.05, 0) is 49.8 Å². The van der Waals surface area contributed by atoms with Crippen molar-refractivity contribution < 1.29 is 9.90 Å². The van der Waals surface area contributed by atoms with E-state index in [1.54, 1.807) is 0 Å². The lowest BCUT2D eigenvalue weighted by atomic mass is 9.79. The highest BCUT2D eigenvalue weighted by molar-refractivity contribution is 6.05. The lowest BCUT2D eigenvalue weighted by Crippen LogP contribution is -2.30. The molecule has 1 aromatic carbocycles. The Morgan fingerprint density at radius 1 is 1.15 bits per heavy atom. The second-order valence-corrected chi connectivity index (χ2v) is 7.78. The Labute approximate surface area is 153 Å². The van der Waals surface area contributed by atoms with Crippen molar-refractivity contribution >= 4 is 22.4 Å². The van der Waals surface area contributed by atoms with Crippen molar-refractivity contribution in [2.75, 3.05) is 0 Å². The molecule has 26 heavy (non-hydrogen) atoms. The third-order valence-electron chi connectivity index (χ3n) is 5.72. The number of rotatable bonds is 2. The Bertz CT molecular complexity index is 896. The van der Waals surface area contributed by atoms with Crippen LogP contribution in [0.4, 0.5) is 0 Å². The monoisotopic (exact) mass is 351 g/mol. The molecule has 1 aromatic heterocycles. The minimum Gasteiger partial charge on any atom is -0.478 e. The van der Waals surface area contributed by atoms with E-state index in [1.807, 2.05) is 24.3 Å². The fraction of sp³-hybridized carbons (Fsp3) is 0.429. The number of hydrazine groups is 1. The molecule has 5 nitrogen and oxygen atoms in total. The molecule has 0 saturated carbocycles. The average molecular weight is 351 g/mol. The van der Waals surface area contributed by atoms with Crippen LogP contribution in [0.15, 0.2) is 30.3 Å². The van der Waals surface area contributed by atoms with E-state index in [2.05, 4.69) is 37.7 Å². The van der Waals surface area contributed by atoms with E-state index in [0.29, 0.717) is 29.5 Å². The summed E-state index contributed by atoms with van der Waals surface area (Å²) in [6, 6.07) is 8.23. The smallest absolute Gasteiger partial charge is 0.336 e. The topological polar surface area (TPSA) is 74.2 Å². The first-order valence-electron chi connectivity index (χ1n) is 9.32. The van der Waals surface area contributed by atoms with Gasteiger partial charge in [-0.15, -0.1) is 0 Å². The van der Waals surface area contributed by atoms with Crippen molar-refractivity contribution in [1.29, 1.82) is 0 Å². The normalized spacial score (nSPS) is 29.9. The van der Waals surface area contributed by atoms with E-state index in [0.717, 1.165) is 35.0 Å². The molecule has 3 N–H and O–H groups in total. The van der Waals surface area contributed by atoms with E-state index < -0.39 is 5.97 Å². The average Bonchev–Trinajstić information content (AvgIpc) is 2.91. The molecular formula is C21H25N3O2. The summed E-state index contributed by atoms with van der Waals surface area (Å²) in [4.78, 5) is 17.0. The molecule has 0 amide bonds. The number of hydrogen-bond donors (Lipinski definition) is 3. The van der Waals surface area contributed by atoms with Gasteiger partial charge < -0.3 is 5.11 Å². The maximum absolute atomic E-state index is 12.1. The second kappa shape index (κ2) is 6.49. The summed E-state index contributed by atoms with van der Waals surface area (Å²) < 4.78 is 0. The van der Waals surface area contributed by atoms with E-state index in [9.17, 15) is 9.90 Å². The van der Waals surface area contributed by atoms with Gasteiger partial charge in [0, 0.05) is 23.4 Å². The van der Waals surface area contributed by atoms with Gasteiger partial charge in [0.05, 0.1) is 16.8 Å². The van der Waals surface area contributed by atoms with Gasteiger partial charge >= 0.3 is 5.97 Å². The lowest BCUT2D eigenvalue weighted by molar-refractivity contribution is 0.0697. The summed E-state index contributed by atoms with van der Waals surface area (Å²) in [5.41, 5.74) is 10.7. The highest BCUT2D eigenvalue weighted by Crippen LogP contribution is 2.38. The van der Waals surface area contributed by atoms with Gasteiger partial charge in [0.15, 0.2) is 0 Å². The quantitative estimate of drug-likeness (QED) is 0.773. The van der Waals surface area contributed by atoms with E-state index in [-0.39, 0.29) is 0 Å². The molecule has 4 rings (SSSR count). The van der Waals surface area contributed by atoms with Crippen molar-refractivity contribution in [3.63, 3.8) is 0 Å². The van der Waals surface area contributed by atoms with Crippen LogP contribution in [0.2, 0.25) is 0 Å². The Hall–Kier alpha value is -2.24. The second-order valence-electron chi connectivity index (χ2n) is 7.78. The number of carboxylic acid groups (broad SMARTS) is 1. The standard InChI is InChI=1S/C21H25N3O2/c1-11-8-14(10-16-12(2)23-24-13(16)3)20-17(9-11)19(21(25)26)15-6-4-5-7-18(15)22-20/h4-7,10-13,16,23-24H,8-9H2,1-3H3,(H,25,26)/b14-10+. The van der Waals surface area contributed by atoms with Gasteiger partial charge in [-0.3, -0.25) is 10.9 Å². The molecule has 1 aliphatic heterocycles. The largest absolute Gasteiger partial charge is 0.478 e. The SMILES string of the molecule is CC1C/C(=C\C2C(C)NNC2C)c2nc3ccccc3c(C(=O)O)c2C1. The molecule has 1 aliphatic carbocycles. The first-order chi connectivity index (χ1) is 12.5. The molecule has 2 heterocycles. The van der Waals surface area contributed by atoms with Crippen LogP contribution in [0.25, 0.3) is 16.5 Å². The molecule has 3 unspecified atom stereocenters.